The second kappa shape index (κ2) is 7.22. The van der Waals surface area contributed by atoms with Gasteiger partial charge in [-0.15, -0.1) is 0 Å². The molecule has 2 heterocycles. The maximum absolute atomic E-state index is 11.3. The van der Waals surface area contributed by atoms with E-state index in [9.17, 15) is 9.90 Å². The number of anilines is 1. The summed E-state index contributed by atoms with van der Waals surface area (Å²) in [7, 11) is -0.435. The van der Waals surface area contributed by atoms with Crippen LogP contribution in [0.15, 0.2) is 30.5 Å². The molecule has 2 aromatic rings. The molecule has 0 amide bonds. The molecule has 1 aliphatic rings. The summed E-state index contributed by atoms with van der Waals surface area (Å²) in [4.78, 5) is 19.1. The zero-order valence-electron chi connectivity index (χ0n) is 16.2. The number of aromatic nitrogens is 2. The maximum atomic E-state index is 11.3. The summed E-state index contributed by atoms with van der Waals surface area (Å²) >= 11 is 0. The van der Waals surface area contributed by atoms with Crippen LogP contribution in [-0.4, -0.2) is 39.4 Å². The van der Waals surface area contributed by atoms with Gasteiger partial charge >= 0.3 is 13.1 Å². The van der Waals surface area contributed by atoms with Crippen molar-refractivity contribution < 1.29 is 19.2 Å². The van der Waals surface area contributed by atoms with Crippen LogP contribution >= 0.6 is 0 Å². The van der Waals surface area contributed by atoms with Gasteiger partial charge in [0.25, 0.3) is 0 Å². The largest absolute Gasteiger partial charge is 0.494 e. The highest BCUT2D eigenvalue weighted by Gasteiger charge is 2.51. The van der Waals surface area contributed by atoms with Crippen LogP contribution in [0.3, 0.4) is 0 Å². The number of rotatable bonds is 5. The third-order valence-electron chi connectivity index (χ3n) is 5.05. The van der Waals surface area contributed by atoms with Crippen molar-refractivity contribution in [3.8, 4) is 6.07 Å². The second-order valence-corrected chi connectivity index (χ2v) is 7.55. The minimum Gasteiger partial charge on any atom is -0.476 e. The molecule has 9 heteroatoms. The highest BCUT2D eigenvalue weighted by Crippen LogP contribution is 2.36. The number of nitrogens with zero attached hydrogens (tertiary/aromatic N) is 3. The molecule has 0 radical (unpaired) electrons. The average Bonchev–Trinajstić information content (AvgIpc) is 2.87. The van der Waals surface area contributed by atoms with Crippen molar-refractivity contribution in [2.24, 2.45) is 0 Å². The molecule has 0 saturated carbocycles. The fraction of sp³-hybridized carbons (Fsp3) is 0.368. The molecule has 0 unspecified atom stereocenters. The van der Waals surface area contributed by atoms with E-state index >= 15 is 0 Å². The van der Waals surface area contributed by atoms with Crippen molar-refractivity contribution in [3.63, 3.8) is 0 Å². The first kappa shape index (κ1) is 19.8. The summed E-state index contributed by atoms with van der Waals surface area (Å²) in [5.41, 5.74) is 0.691. The highest BCUT2D eigenvalue weighted by molar-refractivity contribution is 6.62. The SMILES string of the molecule is CC1(C)OB(c2ccc(CNc3ncc(C#N)nc3C(=O)O)cc2)OC1(C)C. The van der Waals surface area contributed by atoms with E-state index in [1.165, 1.54) is 6.20 Å². The van der Waals surface area contributed by atoms with Crippen LogP contribution in [0.2, 0.25) is 0 Å². The highest BCUT2D eigenvalue weighted by atomic mass is 16.7. The molecule has 0 bridgehead atoms. The van der Waals surface area contributed by atoms with Crippen molar-refractivity contribution >= 4 is 24.4 Å². The van der Waals surface area contributed by atoms with Crippen LogP contribution in [0, 0.1) is 11.3 Å². The molecule has 0 aliphatic carbocycles. The number of carbonyl (C=O) groups is 1. The lowest BCUT2D eigenvalue weighted by Crippen LogP contribution is -2.41. The smallest absolute Gasteiger partial charge is 0.476 e. The topological polar surface area (TPSA) is 117 Å². The van der Waals surface area contributed by atoms with Crippen LogP contribution in [0.25, 0.3) is 0 Å². The second-order valence-electron chi connectivity index (χ2n) is 7.55. The van der Waals surface area contributed by atoms with E-state index in [-0.39, 0.29) is 17.2 Å². The van der Waals surface area contributed by atoms with Gasteiger partial charge in [-0.05, 0) is 38.7 Å². The molecule has 8 nitrogen and oxygen atoms in total. The van der Waals surface area contributed by atoms with E-state index in [0.717, 1.165) is 11.0 Å². The summed E-state index contributed by atoms with van der Waals surface area (Å²) in [6, 6.07) is 9.43. The summed E-state index contributed by atoms with van der Waals surface area (Å²) in [5, 5.41) is 21.0. The lowest BCUT2D eigenvalue weighted by molar-refractivity contribution is 0.00578. The van der Waals surface area contributed by atoms with Crippen molar-refractivity contribution in [1.29, 1.82) is 5.26 Å². The molecule has 1 aromatic heterocycles. The number of carboxylic acid groups (broad SMARTS) is 1. The van der Waals surface area contributed by atoms with Gasteiger partial charge in [-0.1, -0.05) is 24.3 Å². The van der Waals surface area contributed by atoms with Crippen LogP contribution in [0.5, 0.6) is 0 Å². The Labute approximate surface area is 163 Å². The molecule has 1 fully saturated rings. The zero-order valence-corrected chi connectivity index (χ0v) is 16.2. The number of hydrogen-bond donors (Lipinski definition) is 2. The summed E-state index contributed by atoms with van der Waals surface area (Å²) in [5.74, 6) is -1.13. The Morgan fingerprint density at radius 2 is 1.82 bits per heavy atom. The van der Waals surface area contributed by atoms with E-state index in [1.54, 1.807) is 6.07 Å². The predicted octanol–water partition coefficient (Wildman–Crippen LogP) is 1.96. The van der Waals surface area contributed by atoms with Gasteiger partial charge in [0.15, 0.2) is 17.2 Å². The monoisotopic (exact) mass is 380 g/mol. The van der Waals surface area contributed by atoms with Gasteiger partial charge < -0.3 is 19.7 Å². The van der Waals surface area contributed by atoms with E-state index in [1.807, 2.05) is 52.0 Å². The number of nitrogens with one attached hydrogen (secondary N) is 1. The first-order chi connectivity index (χ1) is 13.1. The van der Waals surface area contributed by atoms with Crippen LogP contribution in [0.1, 0.15) is 49.4 Å². The first-order valence-electron chi connectivity index (χ1n) is 8.82. The Morgan fingerprint density at radius 1 is 1.21 bits per heavy atom. The maximum Gasteiger partial charge on any atom is 0.494 e. The number of nitriles is 1. The van der Waals surface area contributed by atoms with Crippen molar-refractivity contribution in [2.75, 3.05) is 5.32 Å². The zero-order chi connectivity index (χ0) is 20.5. The summed E-state index contributed by atoms with van der Waals surface area (Å²) < 4.78 is 12.1. The summed E-state index contributed by atoms with van der Waals surface area (Å²) in [6.07, 6.45) is 1.23. The fourth-order valence-electron chi connectivity index (χ4n) is 2.68. The molecule has 2 N–H and O–H groups in total. The molecular formula is C19H21BN4O4. The van der Waals surface area contributed by atoms with Gasteiger partial charge in [0.2, 0.25) is 0 Å². The van der Waals surface area contributed by atoms with Crippen molar-refractivity contribution in [1.82, 2.24) is 9.97 Å². The fourth-order valence-corrected chi connectivity index (χ4v) is 2.68. The Balaban J connectivity index is 1.70. The Bertz CT molecular complexity index is 922. The molecule has 0 atom stereocenters. The normalized spacial score (nSPS) is 17.2. The molecule has 1 aliphatic heterocycles. The standard InChI is InChI=1S/C19H21BN4O4/c1-18(2)19(3,4)28-20(27-18)13-7-5-12(6-8-13)10-22-16-15(17(25)26)24-14(9-21)11-23-16/h5-8,11H,10H2,1-4H3,(H,22,23)(H,25,26). The number of carboxylic acids is 1. The molecule has 0 spiro atoms. The van der Waals surface area contributed by atoms with Gasteiger partial charge in [0, 0.05) is 6.54 Å². The Kier molecular flexibility index (Phi) is 5.11. The quantitative estimate of drug-likeness (QED) is 0.756. The van der Waals surface area contributed by atoms with E-state index < -0.39 is 24.3 Å². The van der Waals surface area contributed by atoms with E-state index in [0.29, 0.717) is 6.54 Å². The minimum atomic E-state index is -1.25. The molecular weight excluding hydrogens is 359 g/mol. The van der Waals surface area contributed by atoms with Gasteiger partial charge in [0.05, 0.1) is 17.4 Å². The first-order valence-corrected chi connectivity index (χ1v) is 8.82. The Hall–Kier alpha value is -2.96. The van der Waals surface area contributed by atoms with E-state index in [2.05, 4.69) is 15.3 Å². The minimum absolute atomic E-state index is 0.0466. The third kappa shape index (κ3) is 3.83. The molecule has 1 aromatic carbocycles. The van der Waals surface area contributed by atoms with E-state index in [4.69, 9.17) is 14.6 Å². The van der Waals surface area contributed by atoms with Crippen LogP contribution in [0.4, 0.5) is 5.82 Å². The lowest BCUT2D eigenvalue weighted by atomic mass is 9.79. The number of aromatic carboxylic acids is 1. The predicted molar refractivity (Wildman–Crippen MR) is 103 cm³/mol. The number of hydrogen-bond acceptors (Lipinski definition) is 7. The molecule has 3 rings (SSSR count). The van der Waals surface area contributed by atoms with Crippen LogP contribution in [-0.2, 0) is 15.9 Å². The number of benzene rings is 1. The third-order valence-corrected chi connectivity index (χ3v) is 5.05. The van der Waals surface area contributed by atoms with Crippen molar-refractivity contribution in [2.45, 2.75) is 45.4 Å². The molecule has 28 heavy (non-hydrogen) atoms. The summed E-state index contributed by atoms with van der Waals surface area (Å²) in [6.45, 7) is 8.37. The van der Waals surface area contributed by atoms with Gasteiger partial charge in [-0.3, -0.25) is 0 Å². The lowest BCUT2D eigenvalue weighted by Gasteiger charge is -2.32. The van der Waals surface area contributed by atoms with Crippen LogP contribution < -0.4 is 10.8 Å². The van der Waals surface area contributed by atoms with Crippen molar-refractivity contribution in [3.05, 3.63) is 47.4 Å². The van der Waals surface area contributed by atoms with Gasteiger partial charge in [-0.25, -0.2) is 14.8 Å². The van der Waals surface area contributed by atoms with Gasteiger partial charge in [0.1, 0.15) is 6.07 Å². The van der Waals surface area contributed by atoms with Gasteiger partial charge in [-0.2, -0.15) is 5.26 Å². The molecule has 144 valence electrons. The Morgan fingerprint density at radius 3 is 2.36 bits per heavy atom. The average molecular weight is 380 g/mol. The molecule has 1 saturated heterocycles.